The number of halogens is 1. The molecule has 5 rings (SSSR count). The first-order valence-electron chi connectivity index (χ1n) is 9.42. The van der Waals surface area contributed by atoms with Crippen LogP contribution in [0, 0.1) is 5.82 Å². The van der Waals surface area contributed by atoms with E-state index in [9.17, 15) is 9.18 Å². The summed E-state index contributed by atoms with van der Waals surface area (Å²) in [6, 6.07) is 7.07. The predicted molar refractivity (Wildman–Crippen MR) is 106 cm³/mol. The van der Waals surface area contributed by atoms with E-state index in [2.05, 4.69) is 15.2 Å². The van der Waals surface area contributed by atoms with Gasteiger partial charge < -0.3 is 9.80 Å². The predicted octanol–water partition coefficient (Wildman–Crippen LogP) is 1.62. The molecule has 9 heteroatoms. The fraction of sp³-hybridized carbons (Fsp3) is 0.300. The lowest BCUT2D eigenvalue weighted by molar-refractivity contribution is -0.129. The van der Waals surface area contributed by atoms with Crippen molar-refractivity contribution in [1.29, 1.82) is 0 Å². The summed E-state index contributed by atoms with van der Waals surface area (Å²) in [5.74, 6) is 0.495. The number of rotatable bonds is 3. The normalized spacial score (nSPS) is 15.1. The Kier molecular flexibility index (Phi) is 3.97. The molecule has 1 amide bonds. The van der Waals surface area contributed by atoms with Gasteiger partial charge in [-0.2, -0.15) is 5.10 Å². The molecule has 0 saturated carbocycles. The number of piperazine rings is 1. The zero-order valence-electron chi connectivity index (χ0n) is 16.2. The maximum atomic E-state index is 14.7. The van der Waals surface area contributed by atoms with Crippen molar-refractivity contribution in [2.45, 2.75) is 6.42 Å². The van der Waals surface area contributed by atoms with Crippen LogP contribution in [0.1, 0.15) is 11.3 Å². The summed E-state index contributed by atoms with van der Waals surface area (Å²) in [6.45, 7) is 1.67. The topological polar surface area (TPSA) is 71.6 Å². The van der Waals surface area contributed by atoms with E-state index in [-0.39, 0.29) is 11.7 Å². The molecule has 1 aromatic carbocycles. The number of anilines is 1. The summed E-state index contributed by atoms with van der Waals surface area (Å²) < 4.78 is 18.1. The van der Waals surface area contributed by atoms with Crippen molar-refractivity contribution in [3.63, 3.8) is 0 Å². The molecule has 1 aliphatic heterocycles. The Morgan fingerprint density at radius 1 is 1.14 bits per heavy atom. The Morgan fingerprint density at radius 2 is 2.00 bits per heavy atom. The lowest BCUT2D eigenvalue weighted by Crippen LogP contribution is -2.48. The molecule has 4 heterocycles. The lowest BCUT2D eigenvalue weighted by atomic mass is 10.1. The number of benzene rings is 1. The van der Waals surface area contributed by atoms with E-state index in [4.69, 9.17) is 0 Å². The molecule has 0 bridgehead atoms. The first-order chi connectivity index (χ1) is 14.0. The number of aryl methyl sites for hydroxylation is 1. The van der Waals surface area contributed by atoms with Crippen LogP contribution in [0.25, 0.3) is 16.6 Å². The van der Waals surface area contributed by atoms with Crippen LogP contribution in [-0.2, 0) is 18.3 Å². The maximum absolute atomic E-state index is 14.7. The van der Waals surface area contributed by atoms with Crippen molar-refractivity contribution in [2.75, 3.05) is 31.6 Å². The Hall–Kier alpha value is -3.49. The minimum Gasteiger partial charge on any atom is -0.344 e. The number of aromatic nitrogens is 5. The number of carbonyl (C=O) groups is 1. The summed E-state index contributed by atoms with van der Waals surface area (Å²) in [5, 5.41) is 9.76. The van der Waals surface area contributed by atoms with Crippen molar-refractivity contribution >= 4 is 28.3 Å². The number of nitrogens with zero attached hydrogens (tertiary/aromatic N) is 7. The number of carbonyl (C=O) groups excluding carboxylic acids is 1. The van der Waals surface area contributed by atoms with E-state index in [0.29, 0.717) is 36.5 Å². The number of amides is 1. The van der Waals surface area contributed by atoms with Crippen molar-refractivity contribution in [3.8, 4) is 0 Å². The van der Waals surface area contributed by atoms with Gasteiger partial charge >= 0.3 is 0 Å². The zero-order chi connectivity index (χ0) is 20.1. The van der Waals surface area contributed by atoms with Gasteiger partial charge in [-0.05, 0) is 23.8 Å². The number of likely N-dealkylation sites (N-methyl/N-ethyl adjacent to an activating group) is 1. The van der Waals surface area contributed by atoms with Crippen molar-refractivity contribution < 1.29 is 9.18 Å². The molecule has 4 aromatic rings. The Morgan fingerprint density at radius 3 is 2.83 bits per heavy atom. The van der Waals surface area contributed by atoms with E-state index in [1.807, 2.05) is 23.1 Å². The fourth-order valence-corrected chi connectivity index (χ4v) is 3.71. The minimum atomic E-state index is -0.281. The molecule has 3 aromatic heterocycles. The standard InChI is InChI=1S/C20H20FN7O/c1-25-5-6-27(12-20(25)29)19-4-3-18-22-11-15(28(18)24-19)8-13-7-14-10-23-26(2)17(14)9-16(13)21/h3-4,7,9-11H,5-6,8,12H2,1-2H3. The Labute approximate surface area is 166 Å². The van der Waals surface area contributed by atoms with Gasteiger partial charge in [0.05, 0.1) is 30.1 Å². The lowest BCUT2D eigenvalue weighted by Gasteiger charge is -2.32. The molecule has 1 saturated heterocycles. The van der Waals surface area contributed by atoms with Crippen LogP contribution in [0.4, 0.5) is 10.2 Å². The van der Waals surface area contributed by atoms with Gasteiger partial charge in [0.1, 0.15) is 11.6 Å². The summed E-state index contributed by atoms with van der Waals surface area (Å²) in [6.07, 6.45) is 3.80. The molecule has 0 radical (unpaired) electrons. The van der Waals surface area contributed by atoms with Gasteiger partial charge in [0.15, 0.2) is 5.65 Å². The quantitative estimate of drug-likeness (QED) is 0.529. The average molecular weight is 393 g/mol. The van der Waals surface area contributed by atoms with E-state index in [1.165, 1.54) is 6.07 Å². The molecular weight excluding hydrogens is 373 g/mol. The van der Waals surface area contributed by atoms with Gasteiger partial charge in [-0.15, -0.1) is 5.10 Å². The fourth-order valence-electron chi connectivity index (χ4n) is 3.71. The largest absolute Gasteiger partial charge is 0.344 e. The van der Waals surface area contributed by atoms with Crippen molar-refractivity contribution in [2.24, 2.45) is 7.05 Å². The summed E-state index contributed by atoms with van der Waals surface area (Å²) in [5.41, 5.74) is 2.79. The van der Waals surface area contributed by atoms with Crippen LogP contribution in [-0.4, -0.2) is 61.9 Å². The maximum Gasteiger partial charge on any atom is 0.241 e. The van der Waals surface area contributed by atoms with Gasteiger partial charge in [0.2, 0.25) is 5.91 Å². The first kappa shape index (κ1) is 17.6. The van der Waals surface area contributed by atoms with Crippen LogP contribution >= 0.6 is 0 Å². The molecule has 1 fully saturated rings. The van der Waals surface area contributed by atoms with Gasteiger partial charge in [0.25, 0.3) is 0 Å². The minimum absolute atomic E-state index is 0.0656. The highest BCUT2D eigenvalue weighted by Gasteiger charge is 2.22. The van der Waals surface area contributed by atoms with Gasteiger partial charge in [-0.25, -0.2) is 13.9 Å². The van der Waals surface area contributed by atoms with Crippen LogP contribution in [0.15, 0.2) is 36.7 Å². The summed E-state index contributed by atoms with van der Waals surface area (Å²) in [7, 11) is 3.60. The SMILES string of the molecule is CN1CCN(c2ccc3ncc(Cc4cc5cnn(C)c5cc4F)n3n2)CC1=O. The highest BCUT2D eigenvalue weighted by atomic mass is 19.1. The van der Waals surface area contributed by atoms with Crippen LogP contribution in [0.5, 0.6) is 0 Å². The monoisotopic (exact) mass is 393 g/mol. The van der Waals surface area contributed by atoms with Crippen molar-refractivity contribution in [3.05, 3.63) is 53.7 Å². The first-order valence-corrected chi connectivity index (χ1v) is 9.42. The van der Waals surface area contributed by atoms with E-state index >= 15 is 0 Å². The van der Waals surface area contributed by atoms with Gasteiger partial charge in [-0.3, -0.25) is 9.48 Å². The highest BCUT2D eigenvalue weighted by Crippen LogP contribution is 2.22. The summed E-state index contributed by atoms with van der Waals surface area (Å²) >= 11 is 0. The molecule has 8 nitrogen and oxygen atoms in total. The molecule has 0 atom stereocenters. The molecular formula is C20H20FN7O. The molecule has 0 unspecified atom stereocenters. The third kappa shape index (κ3) is 2.98. The Balaban J connectivity index is 1.49. The van der Waals surface area contributed by atoms with E-state index in [1.54, 1.807) is 40.6 Å². The van der Waals surface area contributed by atoms with E-state index < -0.39 is 0 Å². The molecule has 148 valence electrons. The number of hydrogen-bond donors (Lipinski definition) is 0. The van der Waals surface area contributed by atoms with Crippen LogP contribution in [0.2, 0.25) is 0 Å². The molecule has 0 aliphatic carbocycles. The third-order valence-electron chi connectivity index (χ3n) is 5.49. The summed E-state index contributed by atoms with van der Waals surface area (Å²) in [4.78, 5) is 20.1. The molecule has 1 aliphatic rings. The second-order valence-electron chi connectivity index (χ2n) is 7.40. The highest BCUT2D eigenvalue weighted by molar-refractivity contribution is 5.82. The van der Waals surface area contributed by atoms with E-state index in [0.717, 1.165) is 23.1 Å². The Bertz CT molecular complexity index is 1240. The number of fused-ring (bicyclic) bond motifs is 2. The third-order valence-corrected chi connectivity index (χ3v) is 5.49. The average Bonchev–Trinajstić information content (AvgIpc) is 3.28. The van der Waals surface area contributed by atoms with Crippen LogP contribution < -0.4 is 4.90 Å². The van der Waals surface area contributed by atoms with Crippen LogP contribution in [0.3, 0.4) is 0 Å². The van der Waals surface area contributed by atoms with Gasteiger partial charge in [-0.1, -0.05) is 0 Å². The zero-order valence-corrected chi connectivity index (χ0v) is 16.2. The van der Waals surface area contributed by atoms with Crippen molar-refractivity contribution in [1.82, 2.24) is 29.3 Å². The second kappa shape index (κ2) is 6.54. The van der Waals surface area contributed by atoms with Gasteiger partial charge in [0, 0.05) is 45.1 Å². The smallest absolute Gasteiger partial charge is 0.241 e. The number of hydrogen-bond acceptors (Lipinski definition) is 5. The number of imidazole rings is 1. The molecule has 0 N–H and O–H groups in total. The second-order valence-corrected chi connectivity index (χ2v) is 7.40. The molecule has 0 spiro atoms. The molecule has 29 heavy (non-hydrogen) atoms.